The first kappa shape index (κ1) is 10.2. The Bertz CT molecular complexity index is 476. The van der Waals surface area contributed by atoms with Gasteiger partial charge in [-0.15, -0.1) is 0 Å². The highest BCUT2D eigenvalue weighted by atomic mass is 127. The van der Waals surface area contributed by atoms with Gasteiger partial charge < -0.3 is 4.57 Å². The molecule has 0 radical (unpaired) electrons. The lowest BCUT2D eigenvalue weighted by molar-refractivity contribution is 0.622. The van der Waals surface area contributed by atoms with E-state index in [-0.39, 0.29) is 0 Å². The third-order valence-electron chi connectivity index (χ3n) is 2.19. The minimum atomic E-state index is 0.444. The van der Waals surface area contributed by atoms with E-state index in [1.54, 1.807) is 0 Å². The molecule has 0 unspecified atom stereocenters. The van der Waals surface area contributed by atoms with Crippen molar-refractivity contribution in [3.05, 3.63) is 27.2 Å². The molecule has 2 heterocycles. The normalized spacial score (nSPS) is 11.5. The quantitative estimate of drug-likeness (QED) is 0.576. The SMILES string of the molecule is CC(C)n1cc(I)c2cnc(Cl)cc21. The van der Waals surface area contributed by atoms with Gasteiger partial charge >= 0.3 is 0 Å². The van der Waals surface area contributed by atoms with Gasteiger partial charge in [-0.2, -0.15) is 0 Å². The first-order valence-electron chi connectivity index (χ1n) is 4.41. The fourth-order valence-electron chi connectivity index (χ4n) is 1.51. The van der Waals surface area contributed by atoms with Gasteiger partial charge in [-0.3, -0.25) is 0 Å². The molecule has 74 valence electrons. The van der Waals surface area contributed by atoms with E-state index in [4.69, 9.17) is 11.6 Å². The molecule has 0 saturated carbocycles. The van der Waals surface area contributed by atoms with E-state index >= 15 is 0 Å². The van der Waals surface area contributed by atoms with Gasteiger partial charge in [-0.05, 0) is 42.5 Å². The van der Waals surface area contributed by atoms with Gasteiger partial charge in [-0.1, -0.05) is 11.6 Å². The van der Waals surface area contributed by atoms with Crippen LogP contribution in [0.3, 0.4) is 0 Å². The van der Waals surface area contributed by atoms with E-state index in [2.05, 4.69) is 52.2 Å². The number of hydrogen-bond acceptors (Lipinski definition) is 1. The largest absolute Gasteiger partial charge is 0.344 e. The summed E-state index contributed by atoms with van der Waals surface area (Å²) in [6, 6.07) is 2.36. The molecule has 2 nitrogen and oxygen atoms in total. The molecule has 2 aromatic rings. The molecule has 0 aliphatic carbocycles. The van der Waals surface area contributed by atoms with Crippen molar-refractivity contribution in [1.82, 2.24) is 9.55 Å². The predicted octanol–water partition coefficient (Wildman–Crippen LogP) is 3.88. The summed E-state index contributed by atoms with van der Waals surface area (Å²) in [6.07, 6.45) is 3.96. The molecule has 0 saturated heterocycles. The second-order valence-electron chi connectivity index (χ2n) is 3.50. The van der Waals surface area contributed by atoms with Crippen molar-refractivity contribution in [3.8, 4) is 0 Å². The van der Waals surface area contributed by atoms with Crippen molar-refractivity contribution in [2.45, 2.75) is 19.9 Å². The summed E-state index contributed by atoms with van der Waals surface area (Å²) in [6.45, 7) is 4.31. The summed E-state index contributed by atoms with van der Waals surface area (Å²) in [4.78, 5) is 4.09. The van der Waals surface area contributed by atoms with Crippen molar-refractivity contribution >= 4 is 45.1 Å². The second-order valence-corrected chi connectivity index (χ2v) is 5.05. The van der Waals surface area contributed by atoms with E-state index in [9.17, 15) is 0 Å². The number of pyridine rings is 1. The van der Waals surface area contributed by atoms with Crippen molar-refractivity contribution in [2.24, 2.45) is 0 Å². The molecule has 0 bridgehead atoms. The van der Waals surface area contributed by atoms with E-state index in [0.29, 0.717) is 11.2 Å². The van der Waals surface area contributed by atoms with E-state index in [0.717, 1.165) is 5.52 Å². The Balaban J connectivity index is 2.79. The fraction of sp³-hybridized carbons (Fsp3) is 0.300. The van der Waals surface area contributed by atoms with Crippen molar-refractivity contribution in [1.29, 1.82) is 0 Å². The maximum atomic E-state index is 5.88. The molecule has 0 aliphatic heterocycles. The van der Waals surface area contributed by atoms with Gasteiger partial charge in [0.25, 0.3) is 0 Å². The molecule has 0 atom stereocenters. The van der Waals surface area contributed by atoms with Gasteiger partial charge in [0, 0.05) is 27.4 Å². The molecule has 4 heteroatoms. The third kappa shape index (κ3) is 1.63. The van der Waals surface area contributed by atoms with Crippen LogP contribution in [0.25, 0.3) is 10.9 Å². The lowest BCUT2D eigenvalue weighted by Gasteiger charge is -2.08. The van der Waals surface area contributed by atoms with Crippen molar-refractivity contribution < 1.29 is 0 Å². The highest BCUT2D eigenvalue weighted by Gasteiger charge is 2.09. The summed E-state index contributed by atoms with van der Waals surface area (Å²) >= 11 is 8.20. The number of nitrogens with zero attached hydrogens (tertiary/aromatic N) is 2. The Morgan fingerprint density at radius 1 is 1.50 bits per heavy atom. The van der Waals surface area contributed by atoms with Gasteiger partial charge in [-0.25, -0.2) is 4.98 Å². The highest BCUT2D eigenvalue weighted by Crippen LogP contribution is 2.26. The minimum Gasteiger partial charge on any atom is -0.344 e. The van der Waals surface area contributed by atoms with Crippen LogP contribution in [0.5, 0.6) is 0 Å². The van der Waals surface area contributed by atoms with E-state index in [1.807, 2.05) is 12.3 Å². The Morgan fingerprint density at radius 3 is 2.86 bits per heavy atom. The van der Waals surface area contributed by atoms with Crippen LogP contribution >= 0.6 is 34.2 Å². The van der Waals surface area contributed by atoms with E-state index < -0.39 is 0 Å². The number of aromatic nitrogens is 2. The maximum absolute atomic E-state index is 5.88. The van der Waals surface area contributed by atoms with Crippen LogP contribution in [0, 0.1) is 3.57 Å². The molecule has 0 aliphatic rings. The van der Waals surface area contributed by atoms with E-state index in [1.165, 1.54) is 8.96 Å². The smallest absolute Gasteiger partial charge is 0.131 e. The summed E-state index contributed by atoms with van der Waals surface area (Å²) in [5.74, 6) is 0. The molecule has 0 spiro atoms. The van der Waals surface area contributed by atoms with Crippen LogP contribution in [-0.4, -0.2) is 9.55 Å². The molecule has 14 heavy (non-hydrogen) atoms. The average Bonchev–Trinajstić information content (AvgIpc) is 2.43. The standard InChI is InChI=1S/C10H10ClIN2/c1-6(2)14-5-8(12)7-4-13-10(11)3-9(7)14/h3-6H,1-2H3. The summed E-state index contributed by atoms with van der Waals surface area (Å²) in [5, 5.41) is 1.72. The fourth-order valence-corrected chi connectivity index (χ4v) is 2.37. The zero-order chi connectivity index (χ0) is 10.3. The van der Waals surface area contributed by atoms with Crippen molar-refractivity contribution in [2.75, 3.05) is 0 Å². The topological polar surface area (TPSA) is 17.8 Å². The molecule has 2 aromatic heterocycles. The predicted molar refractivity (Wildman–Crippen MR) is 67.8 cm³/mol. The highest BCUT2D eigenvalue weighted by molar-refractivity contribution is 14.1. The van der Waals surface area contributed by atoms with Crippen molar-refractivity contribution in [3.63, 3.8) is 0 Å². The van der Waals surface area contributed by atoms with Gasteiger partial charge in [0.05, 0.1) is 5.52 Å². The summed E-state index contributed by atoms with van der Waals surface area (Å²) < 4.78 is 3.43. The molecule has 0 aromatic carbocycles. The minimum absolute atomic E-state index is 0.444. The lowest BCUT2D eigenvalue weighted by Crippen LogP contribution is -1.97. The van der Waals surface area contributed by atoms with Gasteiger partial charge in [0.15, 0.2) is 0 Å². The zero-order valence-electron chi connectivity index (χ0n) is 7.96. The second kappa shape index (κ2) is 3.70. The first-order valence-corrected chi connectivity index (χ1v) is 5.87. The number of rotatable bonds is 1. The van der Waals surface area contributed by atoms with Crippen LogP contribution in [0.15, 0.2) is 18.5 Å². The van der Waals surface area contributed by atoms with Crippen LogP contribution in [0.2, 0.25) is 5.15 Å². The van der Waals surface area contributed by atoms with Crippen LogP contribution in [0.1, 0.15) is 19.9 Å². The Hall–Kier alpha value is -0.290. The summed E-state index contributed by atoms with van der Waals surface area (Å²) in [7, 11) is 0. The molecule has 0 fully saturated rings. The monoisotopic (exact) mass is 320 g/mol. The molecular weight excluding hydrogens is 310 g/mol. The third-order valence-corrected chi connectivity index (χ3v) is 3.26. The average molecular weight is 321 g/mol. The maximum Gasteiger partial charge on any atom is 0.131 e. The van der Waals surface area contributed by atoms with Crippen LogP contribution in [0.4, 0.5) is 0 Å². The Morgan fingerprint density at radius 2 is 2.21 bits per heavy atom. The number of hydrogen-bond donors (Lipinski definition) is 0. The molecular formula is C10H10ClIN2. The Labute approximate surface area is 101 Å². The zero-order valence-corrected chi connectivity index (χ0v) is 10.9. The molecule has 0 N–H and O–H groups in total. The van der Waals surface area contributed by atoms with Gasteiger partial charge in [0.1, 0.15) is 5.15 Å². The van der Waals surface area contributed by atoms with Gasteiger partial charge in [0.2, 0.25) is 0 Å². The summed E-state index contributed by atoms with van der Waals surface area (Å²) in [5.41, 5.74) is 1.16. The Kier molecular flexibility index (Phi) is 2.70. The number of halogens is 2. The molecule has 0 amide bonds. The molecule has 2 rings (SSSR count). The first-order chi connectivity index (χ1) is 6.59. The number of fused-ring (bicyclic) bond motifs is 1. The lowest BCUT2D eigenvalue weighted by atomic mass is 10.3. The van der Waals surface area contributed by atoms with Crippen LogP contribution in [-0.2, 0) is 0 Å². The van der Waals surface area contributed by atoms with Crippen LogP contribution < -0.4 is 0 Å².